The number of ether oxygens (including phenoxy) is 1. The van der Waals surface area contributed by atoms with Crippen LogP contribution in [0.15, 0.2) is 52.9 Å². The average Bonchev–Trinajstić information content (AvgIpc) is 3.38. The van der Waals surface area contributed by atoms with Crippen LogP contribution in [0.4, 0.5) is 20.9 Å². The summed E-state index contributed by atoms with van der Waals surface area (Å²) < 4.78 is 20.8. The van der Waals surface area contributed by atoms with Gasteiger partial charge in [-0.05, 0) is 36.4 Å². The van der Waals surface area contributed by atoms with E-state index in [9.17, 15) is 4.39 Å². The van der Waals surface area contributed by atoms with Crippen molar-refractivity contribution in [1.82, 2.24) is 10.2 Å². The molecule has 29 heavy (non-hydrogen) atoms. The minimum Gasteiger partial charge on any atom is -0.378 e. The zero-order valence-corrected chi connectivity index (χ0v) is 17.8. The highest BCUT2D eigenvalue weighted by molar-refractivity contribution is 8.01. The Morgan fingerprint density at radius 3 is 2.76 bits per heavy atom. The molecule has 6 nitrogen and oxygen atoms in total. The van der Waals surface area contributed by atoms with Crippen molar-refractivity contribution in [3.05, 3.63) is 59.9 Å². The lowest BCUT2D eigenvalue weighted by molar-refractivity contribution is -0.697. The van der Waals surface area contributed by atoms with Crippen molar-refractivity contribution in [2.75, 3.05) is 36.6 Å². The summed E-state index contributed by atoms with van der Waals surface area (Å²) in [6.07, 6.45) is 0.176. The molecule has 0 aliphatic carbocycles. The summed E-state index contributed by atoms with van der Waals surface area (Å²) in [5, 5.41) is 14.1. The molecule has 2 heterocycles. The Bertz CT molecular complexity index is 950. The molecule has 3 aromatic rings. The number of hydrogen-bond donors (Lipinski definition) is 2. The van der Waals surface area contributed by atoms with Crippen molar-refractivity contribution in [3.63, 3.8) is 0 Å². The summed E-state index contributed by atoms with van der Waals surface area (Å²) in [4.78, 5) is 2.08. The average molecular weight is 433 g/mol. The number of benzene rings is 2. The first-order valence-corrected chi connectivity index (χ1v) is 11.1. The molecule has 0 bridgehead atoms. The number of hydrogen-bond acceptors (Lipinski definition) is 7. The molecule has 0 unspecified atom stereocenters. The van der Waals surface area contributed by atoms with E-state index < -0.39 is 0 Å². The Kier molecular flexibility index (Phi) is 6.29. The number of halogens is 1. The first kappa shape index (κ1) is 20.1. The van der Waals surface area contributed by atoms with Gasteiger partial charge in [-0.15, -0.1) is 10.2 Å². The largest absolute Gasteiger partial charge is 0.378 e. The summed E-state index contributed by atoms with van der Waals surface area (Å²) >= 11 is 3.03. The van der Waals surface area contributed by atoms with Crippen molar-refractivity contribution >= 4 is 39.6 Å². The molecule has 9 heteroatoms. The second-order valence-electron chi connectivity index (χ2n) is 6.93. The number of thioether (sulfide) groups is 1. The van der Waals surface area contributed by atoms with Gasteiger partial charge in [-0.3, -0.25) is 0 Å². The summed E-state index contributed by atoms with van der Waals surface area (Å²) in [6.45, 7) is 0.909. The maximum absolute atomic E-state index is 13.7. The van der Waals surface area contributed by atoms with Gasteiger partial charge in [-0.25, -0.2) is 4.39 Å². The molecule has 1 aromatic heterocycles. The van der Waals surface area contributed by atoms with Crippen LogP contribution in [0.5, 0.6) is 0 Å². The van der Waals surface area contributed by atoms with Gasteiger partial charge >= 0.3 is 0 Å². The first-order chi connectivity index (χ1) is 14.1. The number of rotatable bonds is 7. The topological polar surface area (TPSA) is 66.9 Å². The third kappa shape index (κ3) is 5.05. The molecule has 1 aliphatic rings. The molecule has 0 saturated carbocycles. The fourth-order valence-electron chi connectivity index (χ4n) is 3.04. The quantitative estimate of drug-likeness (QED) is 0.559. The van der Waals surface area contributed by atoms with Crippen LogP contribution in [0, 0.1) is 5.82 Å². The lowest BCUT2D eigenvalue weighted by Gasteiger charge is -2.14. The van der Waals surface area contributed by atoms with Crippen molar-refractivity contribution in [1.29, 1.82) is 0 Å². The zero-order chi connectivity index (χ0) is 20.2. The Balaban J connectivity index is 1.28. The van der Waals surface area contributed by atoms with Crippen molar-refractivity contribution in [2.45, 2.75) is 16.7 Å². The monoisotopic (exact) mass is 432 g/mol. The van der Waals surface area contributed by atoms with E-state index in [1.165, 1.54) is 28.7 Å². The fraction of sp³-hybridized carbons (Fsp3) is 0.300. The normalized spacial score (nSPS) is 18.7. The number of para-hydroxylation sites is 1. The maximum Gasteiger partial charge on any atom is 0.217 e. The van der Waals surface area contributed by atoms with E-state index in [4.69, 9.17) is 4.74 Å². The van der Waals surface area contributed by atoms with E-state index in [1.54, 1.807) is 30.0 Å². The SMILES string of the molecule is CN(C)c1ccc([C@@H]2[NH2+]C[C@H](CSc3nnc(Nc4ccccc4F)s3)O2)cc1. The molecule has 1 aliphatic heterocycles. The van der Waals surface area contributed by atoms with E-state index in [2.05, 4.69) is 50.0 Å². The second-order valence-corrected chi connectivity index (χ2v) is 9.17. The van der Waals surface area contributed by atoms with Crippen molar-refractivity contribution in [3.8, 4) is 0 Å². The van der Waals surface area contributed by atoms with Crippen LogP contribution in [0.3, 0.4) is 0 Å². The summed E-state index contributed by atoms with van der Waals surface area (Å²) in [7, 11) is 4.07. The second kappa shape index (κ2) is 9.08. The Morgan fingerprint density at radius 1 is 1.21 bits per heavy atom. The summed E-state index contributed by atoms with van der Waals surface area (Å²) in [5.41, 5.74) is 2.75. The van der Waals surface area contributed by atoms with E-state index in [0.717, 1.165) is 16.6 Å². The van der Waals surface area contributed by atoms with Crippen LogP contribution in [-0.4, -0.2) is 42.7 Å². The molecule has 2 aromatic carbocycles. The number of nitrogens with one attached hydrogen (secondary N) is 1. The van der Waals surface area contributed by atoms with Crippen LogP contribution in [0.2, 0.25) is 0 Å². The molecule has 2 atom stereocenters. The maximum atomic E-state index is 13.7. The van der Waals surface area contributed by atoms with Crippen molar-refractivity contribution < 1.29 is 14.4 Å². The Morgan fingerprint density at radius 2 is 2.00 bits per heavy atom. The Labute approximate surface area is 177 Å². The van der Waals surface area contributed by atoms with Gasteiger partial charge in [-0.2, -0.15) is 0 Å². The van der Waals surface area contributed by atoms with Crippen LogP contribution >= 0.6 is 23.1 Å². The summed E-state index contributed by atoms with van der Waals surface area (Å²) in [6, 6.07) is 15.0. The molecule has 0 radical (unpaired) electrons. The number of quaternary nitrogens is 1. The molecule has 0 amide bonds. The minimum atomic E-state index is -0.309. The smallest absolute Gasteiger partial charge is 0.217 e. The number of nitrogens with zero attached hydrogens (tertiary/aromatic N) is 3. The number of nitrogens with two attached hydrogens (primary N) is 1. The lowest BCUT2D eigenvalue weighted by atomic mass is 10.2. The predicted octanol–water partition coefficient (Wildman–Crippen LogP) is 3.24. The van der Waals surface area contributed by atoms with E-state index in [1.807, 2.05) is 14.1 Å². The van der Waals surface area contributed by atoms with Crippen LogP contribution in [0.25, 0.3) is 0 Å². The molecule has 1 fully saturated rings. The van der Waals surface area contributed by atoms with Gasteiger partial charge in [0.1, 0.15) is 18.5 Å². The molecule has 152 valence electrons. The molecular formula is C20H23FN5OS2+. The lowest BCUT2D eigenvalue weighted by Crippen LogP contribution is -2.82. The number of anilines is 3. The minimum absolute atomic E-state index is 0.0320. The highest BCUT2D eigenvalue weighted by atomic mass is 32.2. The van der Waals surface area contributed by atoms with E-state index in [-0.39, 0.29) is 18.1 Å². The molecule has 3 N–H and O–H groups in total. The molecule has 0 spiro atoms. The van der Waals surface area contributed by atoms with Crippen LogP contribution in [-0.2, 0) is 4.74 Å². The van der Waals surface area contributed by atoms with Gasteiger partial charge in [0.25, 0.3) is 0 Å². The fourth-order valence-corrected chi connectivity index (χ4v) is 4.85. The van der Waals surface area contributed by atoms with Gasteiger partial charge < -0.3 is 20.3 Å². The zero-order valence-electron chi connectivity index (χ0n) is 16.2. The van der Waals surface area contributed by atoms with Crippen LogP contribution in [0.1, 0.15) is 11.8 Å². The predicted molar refractivity (Wildman–Crippen MR) is 115 cm³/mol. The third-order valence-corrected chi connectivity index (χ3v) is 6.71. The van der Waals surface area contributed by atoms with Gasteiger partial charge in [0.15, 0.2) is 4.34 Å². The van der Waals surface area contributed by atoms with E-state index >= 15 is 0 Å². The molecule has 4 rings (SSSR count). The summed E-state index contributed by atoms with van der Waals surface area (Å²) in [5.74, 6) is 0.494. The third-order valence-electron chi connectivity index (χ3n) is 4.60. The van der Waals surface area contributed by atoms with Gasteiger partial charge in [0.2, 0.25) is 11.4 Å². The number of aromatic nitrogens is 2. The van der Waals surface area contributed by atoms with E-state index in [0.29, 0.717) is 10.8 Å². The first-order valence-electron chi connectivity index (χ1n) is 9.32. The molecular weight excluding hydrogens is 409 g/mol. The molecule has 1 saturated heterocycles. The van der Waals surface area contributed by atoms with Crippen LogP contribution < -0.4 is 15.5 Å². The standard InChI is InChI=1S/C20H22FN5OS2/c1-26(2)14-9-7-13(8-10-14)18-22-11-15(27-18)12-28-20-25-24-19(29-20)23-17-6-4-3-5-16(17)21/h3-10,15,18,22H,11-12H2,1-2H3,(H,23,24)/p+1/t15-,18-/m1/s1. The highest BCUT2D eigenvalue weighted by Crippen LogP contribution is 2.30. The van der Waals surface area contributed by atoms with Gasteiger partial charge in [-0.1, -0.05) is 35.2 Å². The van der Waals surface area contributed by atoms with Gasteiger partial charge in [0, 0.05) is 31.1 Å². The highest BCUT2D eigenvalue weighted by Gasteiger charge is 2.30. The van der Waals surface area contributed by atoms with Crippen molar-refractivity contribution in [2.24, 2.45) is 0 Å². The van der Waals surface area contributed by atoms with Gasteiger partial charge in [0.05, 0.1) is 5.69 Å². The Hall–Kier alpha value is -2.20.